The molecular formula is C12H15FO. The van der Waals surface area contributed by atoms with E-state index in [1.165, 1.54) is 6.07 Å². The quantitative estimate of drug-likeness (QED) is 0.728. The molecule has 1 saturated carbocycles. The van der Waals surface area contributed by atoms with Crippen molar-refractivity contribution in [1.29, 1.82) is 0 Å². The van der Waals surface area contributed by atoms with Crippen LogP contribution in [-0.4, -0.2) is 11.2 Å². The summed E-state index contributed by atoms with van der Waals surface area (Å²) in [5.74, 6) is -0.0697. The van der Waals surface area contributed by atoms with Crippen LogP contribution in [0.3, 0.4) is 0 Å². The highest BCUT2D eigenvalue weighted by Gasteiger charge is 2.24. The third-order valence-corrected chi connectivity index (χ3v) is 3.01. The minimum atomic E-state index is -0.287. The molecule has 14 heavy (non-hydrogen) atoms. The van der Waals surface area contributed by atoms with Crippen molar-refractivity contribution >= 4 is 0 Å². The van der Waals surface area contributed by atoms with Crippen LogP contribution in [0.4, 0.5) is 4.39 Å². The SMILES string of the molecule is OC1CCCCC1c1cccc(F)c1. The molecule has 0 aromatic heterocycles. The molecule has 1 fully saturated rings. The predicted molar refractivity (Wildman–Crippen MR) is 53.6 cm³/mol. The van der Waals surface area contributed by atoms with E-state index in [2.05, 4.69) is 0 Å². The van der Waals surface area contributed by atoms with Crippen LogP contribution in [0.2, 0.25) is 0 Å². The Morgan fingerprint density at radius 3 is 2.71 bits per heavy atom. The van der Waals surface area contributed by atoms with Gasteiger partial charge in [0.1, 0.15) is 5.82 Å². The molecular weight excluding hydrogens is 179 g/mol. The molecule has 0 saturated heterocycles. The lowest BCUT2D eigenvalue weighted by Gasteiger charge is -2.27. The second kappa shape index (κ2) is 4.09. The van der Waals surface area contributed by atoms with E-state index in [-0.39, 0.29) is 17.8 Å². The molecule has 0 radical (unpaired) electrons. The van der Waals surface area contributed by atoms with Crippen molar-refractivity contribution in [3.05, 3.63) is 35.6 Å². The average Bonchev–Trinajstić information content (AvgIpc) is 2.18. The van der Waals surface area contributed by atoms with E-state index in [9.17, 15) is 9.50 Å². The van der Waals surface area contributed by atoms with Gasteiger partial charge in [-0.3, -0.25) is 0 Å². The lowest BCUT2D eigenvalue weighted by molar-refractivity contribution is 0.106. The molecule has 0 heterocycles. The molecule has 1 nitrogen and oxygen atoms in total. The summed E-state index contributed by atoms with van der Waals surface area (Å²) in [5.41, 5.74) is 0.942. The van der Waals surface area contributed by atoms with Gasteiger partial charge in [-0.15, -0.1) is 0 Å². The first-order chi connectivity index (χ1) is 6.77. The first-order valence-electron chi connectivity index (χ1n) is 5.21. The second-order valence-electron chi connectivity index (χ2n) is 4.01. The first-order valence-corrected chi connectivity index (χ1v) is 5.21. The molecule has 0 amide bonds. The number of halogens is 1. The zero-order valence-electron chi connectivity index (χ0n) is 8.12. The van der Waals surface area contributed by atoms with E-state index < -0.39 is 0 Å². The molecule has 2 atom stereocenters. The maximum atomic E-state index is 13.0. The van der Waals surface area contributed by atoms with Gasteiger partial charge in [-0.05, 0) is 30.5 Å². The molecule has 2 unspecified atom stereocenters. The number of benzene rings is 1. The molecule has 0 bridgehead atoms. The van der Waals surface area contributed by atoms with Crippen LogP contribution in [0.15, 0.2) is 24.3 Å². The molecule has 1 aromatic carbocycles. The number of hydrogen-bond acceptors (Lipinski definition) is 1. The van der Waals surface area contributed by atoms with Gasteiger partial charge in [-0.25, -0.2) is 4.39 Å². The predicted octanol–water partition coefficient (Wildman–Crippen LogP) is 2.84. The Labute approximate surface area is 83.6 Å². The zero-order valence-corrected chi connectivity index (χ0v) is 8.12. The van der Waals surface area contributed by atoms with E-state index in [4.69, 9.17) is 0 Å². The van der Waals surface area contributed by atoms with Crippen LogP contribution < -0.4 is 0 Å². The second-order valence-corrected chi connectivity index (χ2v) is 4.01. The Balaban J connectivity index is 2.20. The van der Waals surface area contributed by atoms with Crippen molar-refractivity contribution in [3.8, 4) is 0 Å². The van der Waals surface area contributed by atoms with Gasteiger partial charge in [-0.2, -0.15) is 0 Å². The smallest absolute Gasteiger partial charge is 0.123 e. The van der Waals surface area contributed by atoms with Crippen LogP contribution in [0.5, 0.6) is 0 Å². The van der Waals surface area contributed by atoms with E-state index in [0.717, 1.165) is 31.2 Å². The largest absolute Gasteiger partial charge is 0.392 e. The Kier molecular flexibility index (Phi) is 2.82. The first kappa shape index (κ1) is 9.66. The van der Waals surface area contributed by atoms with Gasteiger partial charge in [-0.1, -0.05) is 25.0 Å². The number of aliphatic hydroxyl groups is 1. The van der Waals surface area contributed by atoms with Gasteiger partial charge in [0.05, 0.1) is 6.10 Å². The highest BCUT2D eigenvalue weighted by molar-refractivity contribution is 5.22. The van der Waals surface area contributed by atoms with Crippen LogP contribution in [0, 0.1) is 5.82 Å². The third kappa shape index (κ3) is 1.95. The molecule has 0 spiro atoms. The normalized spacial score (nSPS) is 27.6. The van der Waals surface area contributed by atoms with Crippen LogP contribution in [0.1, 0.15) is 37.2 Å². The van der Waals surface area contributed by atoms with Gasteiger partial charge in [0.2, 0.25) is 0 Å². The maximum Gasteiger partial charge on any atom is 0.123 e. The van der Waals surface area contributed by atoms with E-state index in [1.807, 2.05) is 6.07 Å². The monoisotopic (exact) mass is 194 g/mol. The third-order valence-electron chi connectivity index (χ3n) is 3.01. The number of aliphatic hydroxyl groups excluding tert-OH is 1. The van der Waals surface area contributed by atoms with Crippen molar-refractivity contribution in [1.82, 2.24) is 0 Å². The van der Waals surface area contributed by atoms with Crippen molar-refractivity contribution in [2.24, 2.45) is 0 Å². The summed E-state index contributed by atoms with van der Waals surface area (Å²) < 4.78 is 13.0. The Morgan fingerprint density at radius 1 is 1.21 bits per heavy atom. The van der Waals surface area contributed by atoms with Crippen LogP contribution >= 0.6 is 0 Å². The molecule has 1 aliphatic carbocycles. The van der Waals surface area contributed by atoms with Gasteiger partial charge >= 0.3 is 0 Å². The molecule has 1 N–H and O–H groups in total. The molecule has 0 aliphatic heterocycles. The Hall–Kier alpha value is -0.890. The highest BCUT2D eigenvalue weighted by atomic mass is 19.1. The van der Waals surface area contributed by atoms with Gasteiger partial charge in [0.15, 0.2) is 0 Å². The van der Waals surface area contributed by atoms with Gasteiger partial charge < -0.3 is 5.11 Å². The van der Waals surface area contributed by atoms with E-state index >= 15 is 0 Å². The summed E-state index contributed by atoms with van der Waals surface area (Å²) in [5, 5.41) is 9.79. The lowest BCUT2D eigenvalue weighted by Crippen LogP contribution is -2.22. The fraction of sp³-hybridized carbons (Fsp3) is 0.500. The molecule has 2 heteroatoms. The number of rotatable bonds is 1. The Bertz CT molecular complexity index is 311. The molecule has 76 valence electrons. The van der Waals surface area contributed by atoms with E-state index in [0.29, 0.717) is 0 Å². The molecule has 1 aromatic rings. The van der Waals surface area contributed by atoms with Crippen LogP contribution in [-0.2, 0) is 0 Å². The highest BCUT2D eigenvalue weighted by Crippen LogP contribution is 2.33. The topological polar surface area (TPSA) is 20.2 Å². The lowest BCUT2D eigenvalue weighted by atomic mass is 9.82. The maximum absolute atomic E-state index is 13.0. The molecule has 1 aliphatic rings. The standard InChI is InChI=1S/C12H15FO/c13-10-5-3-4-9(8-10)11-6-1-2-7-12(11)14/h3-5,8,11-12,14H,1-2,6-7H2. The van der Waals surface area contributed by atoms with Crippen LogP contribution in [0.25, 0.3) is 0 Å². The summed E-state index contributed by atoms with van der Waals surface area (Å²) in [7, 11) is 0. The summed E-state index contributed by atoms with van der Waals surface area (Å²) in [6.45, 7) is 0. The van der Waals surface area contributed by atoms with E-state index in [1.54, 1.807) is 12.1 Å². The van der Waals surface area contributed by atoms with Crippen molar-refractivity contribution in [2.75, 3.05) is 0 Å². The summed E-state index contributed by atoms with van der Waals surface area (Å²) >= 11 is 0. The summed E-state index contributed by atoms with van der Waals surface area (Å²) in [4.78, 5) is 0. The minimum absolute atomic E-state index is 0.138. The summed E-state index contributed by atoms with van der Waals surface area (Å²) in [6.07, 6.45) is 3.77. The average molecular weight is 194 g/mol. The van der Waals surface area contributed by atoms with Gasteiger partial charge in [0, 0.05) is 5.92 Å². The van der Waals surface area contributed by atoms with Gasteiger partial charge in [0.25, 0.3) is 0 Å². The Morgan fingerprint density at radius 2 is 2.00 bits per heavy atom. The van der Waals surface area contributed by atoms with Crippen molar-refractivity contribution < 1.29 is 9.50 Å². The summed E-state index contributed by atoms with van der Waals surface area (Å²) in [6, 6.07) is 6.60. The molecule has 2 rings (SSSR count). The zero-order chi connectivity index (χ0) is 9.97. The fourth-order valence-electron chi connectivity index (χ4n) is 2.24. The minimum Gasteiger partial charge on any atom is -0.392 e. The number of hydrogen-bond donors (Lipinski definition) is 1. The van der Waals surface area contributed by atoms with Crippen molar-refractivity contribution in [2.45, 2.75) is 37.7 Å². The van der Waals surface area contributed by atoms with Crippen molar-refractivity contribution in [3.63, 3.8) is 0 Å². The fourth-order valence-corrected chi connectivity index (χ4v) is 2.24.